The van der Waals surface area contributed by atoms with E-state index in [4.69, 9.17) is 4.74 Å². The molecule has 7 heteroatoms. The van der Waals surface area contributed by atoms with Crippen LogP contribution in [0.5, 0.6) is 0 Å². The Hall–Kier alpha value is -0.660. The number of hydrogen-bond acceptors (Lipinski definition) is 5. The number of sulfone groups is 1. The maximum atomic E-state index is 12.1. The summed E-state index contributed by atoms with van der Waals surface area (Å²) in [6.07, 6.45) is 3.60. The second kappa shape index (κ2) is 6.87. The van der Waals surface area contributed by atoms with Crippen LogP contribution in [0.3, 0.4) is 0 Å². The molecule has 116 valence electrons. The van der Waals surface area contributed by atoms with Crippen LogP contribution in [-0.2, 0) is 19.4 Å². The van der Waals surface area contributed by atoms with Crippen molar-refractivity contribution in [3.63, 3.8) is 0 Å². The third-order valence-corrected chi connectivity index (χ3v) is 5.64. The molecule has 2 fully saturated rings. The molecule has 2 atom stereocenters. The van der Waals surface area contributed by atoms with Crippen molar-refractivity contribution in [3.05, 3.63) is 0 Å². The van der Waals surface area contributed by atoms with Gasteiger partial charge < -0.3 is 15.0 Å². The quantitative estimate of drug-likeness (QED) is 0.778. The van der Waals surface area contributed by atoms with Gasteiger partial charge in [0.1, 0.15) is 0 Å². The fraction of sp³-hybridized carbons (Fsp3) is 0.923. The zero-order valence-corrected chi connectivity index (χ0v) is 12.8. The number of carbonyl (C=O) groups excluding carboxylic acids is 1. The molecule has 0 aromatic carbocycles. The topological polar surface area (TPSA) is 75.7 Å². The van der Waals surface area contributed by atoms with E-state index in [2.05, 4.69) is 5.32 Å². The number of ether oxygens (including phenoxy) is 1. The lowest BCUT2D eigenvalue weighted by Gasteiger charge is -2.29. The minimum atomic E-state index is -2.99. The van der Waals surface area contributed by atoms with Crippen LogP contribution < -0.4 is 5.32 Å². The number of rotatable bonds is 4. The molecule has 2 aliphatic heterocycles. The number of carbonyl (C=O) groups is 1. The normalized spacial score (nSPS) is 29.9. The van der Waals surface area contributed by atoms with E-state index in [1.165, 1.54) is 0 Å². The van der Waals surface area contributed by atoms with E-state index in [1.54, 1.807) is 11.9 Å². The Bertz CT molecular complexity index is 432. The summed E-state index contributed by atoms with van der Waals surface area (Å²) in [5, 5.41) is 3.11. The third kappa shape index (κ3) is 4.71. The second-order valence-electron chi connectivity index (χ2n) is 5.73. The van der Waals surface area contributed by atoms with E-state index >= 15 is 0 Å². The smallest absolute Gasteiger partial charge is 0.224 e. The summed E-state index contributed by atoms with van der Waals surface area (Å²) >= 11 is 0. The predicted octanol–water partition coefficient (Wildman–Crippen LogP) is -0.209. The van der Waals surface area contributed by atoms with Gasteiger partial charge in [0.05, 0.1) is 17.6 Å². The monoisotopic (exact) mass is 304 g/mol. The largest absolute Gasteiger partial charge is 0.376 e. The summed E-state index contributed by atoms with van der Waals surface area (Å²) in [5.74, 6) is 0.212. The van der Waals surface area contributed by atoms with Crippen molar-refractivity contribution in [2.75, 3.05) is 38.2 Å². The number of nitrogens with zero attached hydrogens (tertiary/aromatic N) is 1. The molecular formula is C13H24N2O4S. The fourth-order valence-electron chi connectivity index (χ4n) is 2.72. The minimum Gasteiger partial charge on any atom is -0.376 e. The van der Waals surface area contributed by atoms with Gasteiger partial charge in [-0.05, 0) is 19.3 Å². The van der Waals surface area contributed by atoms with Crippen molar-refractivity contribution in [1.82, 2.24) is 10.2 Å². The van der Waals surface area contributed by atoms with Crippen LogP contribution >= 0.6 is 0 Å². The predicted molar refractivity (Wildman–Crippen MR) is 76.3 cm³/mol. The first kappa shape index (κ1) is 15.7. The van der Waals surface area contributed by atoms with Gasteiger partial charge in [0, 0.05) is 39.2 Å². The molecule has 2 unspecified atom stereocenters. The fourth-order valence-corrected chi connectivity index (χ4v) is 4.17. The highest BCUT2D eigenvalue weighted by Crippen LogP contribution is 2.14. The number of likely N-dealkylation sites (N-methyl/N-ethyl adjacent to an activating group) is 1. The summed E-state index contributed by atoms with van der Waals surface area (Å²) in [6.45, 7) is 1.81. The van der Waals surface area contributed by atoms with E-state index in [9.17, 15) is 13.2 Å². The average Bonchev–Trinajstić information content (AvgIpc) is 2.38. The summed E-state index contributed by atoms with van der Waals surface area (Å²) in [5.41, 5.74) is 0. The number of nitrogens with one attached hydrogen (secondary N) is 1. The zero-order chi connectivity index (χ0) is 14.6. The lowest BCUT2D eigenvalue weighted by molar-refractivity contribution is -0.132. The van der Waals surface area contributed by atoms with Crippen molar-refractivity contribution in [3.8, 4) is 0 Å². The molecule has 2 saturated heterocycles. The third-order valence-electron chi connectivity index (χ3n) is 3.90. The first-order chi connectivity index (χ1) is 9.46. The standard InChI is InChI=1S/C13H24N2O4S/c1-15(9-12-4-2-3-6-19-12)13(16)8-11-10-20(17,18)7-5-14-11/h11-12,14H,2-10H2,1H3. The lowest BCUT2D eigenvalue weighted by Crippen LogP contribution is -2.48. The lowest BCUT2D eigenvalue weighted by atomic mass is 10.1. The second-order valence-corrected chi connectivity index (χ2v) is 7.96. The Morgan fingerprint density at radius 2 is 2.20 bits per heavy atom. The molecule has 2 heterocycles. The highest BCUT2D eigenvalue weighted by molar-refractivity contribution is 7.91. The Morgan fingerprint density at radius 1 is 1.40 bits per heavy atom. The molecule has 0 aliphatic carbocycles. The first-order valence-electron chi connectivity index (χ1n) is 7.26. The molecule has 0 radical (unpaired) electrons. The van der Waals surface area contributed by atoms with Crippen molar-refractivity contribution in [2.45, 2.75) is 37.8 Å². The highest BCUT2D eigenvalue weighted by atomic mass is 32.2. The molecule has 1 amide bonds. The average molecular weight is 304 g/mol. The molecule has 2 aliphatic rings. The van der Waals surface area contributed by atoms with Gasteiger partial charge in [-0.2, -0.15) is 0 Å². The molecule has 0 bridgehead atoms. The van der Waals surface area contributed by atoms with E-state index in [0.29, 0.717) is 13.1 Å². The van der Waals surface area contributed by atoms with Gasteiger partial charge in [0.15, 0.2) is 9.84 Å². The molecule has 20 heavy (non-hydrogen) atoms. The Morgan fingerprint density at radius 3 is 2.85 bits per heavy atom. The summed E-state index contributed by atoms with van der Waals surface area (Å²) < 4.78 is 28.7. The van der Waals surface area contributed by atoms with Gasteiger partial charge in [0.25, 0.3) is 0 Å². The Labute approximate surface area is 120 Å². The van der Waals surface area contributed by atoms with Crippen LogP contribution in [0.4, 0.5) is 0 Å². The first-order valence-corrected chi connectivity index (χ1v) is 9.08. The van der Waals surface area contributed by atoms with Crippen molar-refractivity contribution in [1.29, 1.82) is 0 Å². The molecular weight excluding hydrogens is 280 g/mol. The molecule has 0 aromatic rings. The van der Waals surface area contributed by atoms with E-state index < -0.39 is 9.84 Å². The van der Waals surface area contributed by atoms with Gasteiger partial charge in [-0.3, -0.25) is 4.79 Å². The maximum Gasteiger partial charge on any atom is 0.224 e. The van der Waals surface area contributed by atoms with Gasteiger partial charge in [-0.25, -0.2) is 8.42 Å². The number of hydrogen-bond donors (Lipinski definition) is 1. The van der Waals surface area contributed by atoms with Crippen LogP contribution in [0.25, 0.3) is 0 Å². The maximum absolute atomic E-state index is 12.1. The van der Waals surface area contributed by atoms with Gasteiger partial charge in [-0.1, -0.05) is 0 Å². The summed E-state index contributed by atoms with van der Waals surface area (Å²) in [4.78, 5) is 13.8. The van der Waals surface area contributed by atoms with Gasteiger partial charge in [-0.15, -0.1) is 0 Å². The van der Waals surface area contributed by atoms with Gasteiger partial charge >= 0.3 is 0 Å². The Kier molecular flexibility index (Phi) is 5.40. The van der Waals surface area contributed by atoms with Crippen molar-refractivity contribution < 1.29 is 17.9 Å². The van der Waals surface area contributed by atoms with E-state index in [1.807, 2.05) is 0 Å². The van der Waals surface area contributed by atoms with Crippen LogP contribution in [0.15, 0.2) is 0 Å². The molecule has 0 saturated carbocycles. The Balaban J connectivity index is 1.78. The van der Waals surface area contributed by atoms with Crippen molar-refractivity contribution >= 4 is 15.7 Å². The molecule has 1 N–H and O–H groups in total. The van der Waals surface area contributed by atoms with Crippen LogP contribution in [-0.4, -0.2) is 69.6 Å². The number of amides is 1. The zero-order valence-electron chi connectivity index (χ0n) is 12.0. The molecule has 6 nitrogen and oxygen atoms in total. The van der Waals surface area contributed by atoms with Crippen LogP contribution in [0.1, 0.15) is 25.7 Å². The van der Waals surface area contributed by atoms with Crippen LogP contribution in [0, 0.1) is 0 Å². The SMILES string of the molecule is CN(CC1CCCCO1)C(=O)CC1CS(=O)(=O)CCN1. The van der Waals surface area contributed by atoms with E-state index in [-0.39, 0.29) is 36.0 Å². The summed E-state index contributed by atoms with van der Waals surface area (Å²) in [6, 6.07) is -0.254. The van der Waals surface area contributed by atoms with Gasteiger partial charge in [0.2, 0.25) is 5.91 Å². The molecule has 2 rings (SSSR count). The van der Waals surface area contributed by atoms with E-state index in [0.717, 1.165) is 25.9 Å². The van der Waals surface area contributed by atoms with Crippen LogP contribution in [0.2, 0.25) is 0 Å². The highest BCUT2D eigenvalue weighted by Gasteiger charge is 2.27. The summed E-state index contributed by atoms with van der Waals surface area (Å²) in [7, 11) is -1.23. The molecule has 0 spiro atoms. The minimum absolute atomic E-state index is 0.0197. The van der Waals surface area contributed by atoms with Crippen molar-refractivity contribution in [2.24, 2.45) is 0 Å². The molecule has 0 aromatic heterocycles.